The normalized spacial score (nSPS) is 13.4. The fraction of sp³-hybridized carbons (Fsp3) is 0.955. The third-order valence-corrected chi connectivity index (χ3v) is 15.5. The highest BCUT2D eigenvalue weighted by atomic mass is 28.4. The van der Waals surface area contributed by atoms with Gasteiger partial charge in [0.2, 0.25) is 0 Å². The first-order chi connectivity index (χ1) is 16.6. The standard InChI is InChI=1S/C22H50O10Si3/c1-21(23)20-22(14-11-17-33(24-2,25-3)26-4,15-12-18-34(27-5,28-6)29-7)16-13-19-35(30-8,31-9)32-10/h11-20H2,1-10H3. The van der Waals surface area contributed by atoms with Gasteiger partial charge in [0.15, 0.2) is 0 Å². The molecule has 0 atom stereocenters. The fourth-order valence-electron chi connectivity index (χ4n) is 4.88. The first-order valence-electron chi connectivity index (χ1n) is 12.0. The molecule has 0 aromatic rings. The molecule has 0 spiro atoms. The highest BCUT2D eigenvalue weighted by molar-refractivity contribution is 6.61. The summed E-state index contributed by atoms with van der Waals surface area (Å²) < 4.78 is 50.5. The van der Waals surface area contributed by atoms with Crippen molar-refractivity contribution < 1.29 is 44.6 Å². The Morgan fingerprint density at radius 3 is 0.914 bits per heavy atom. The average molecular weight is 559 g/mol. The Hall–Kier alpha value is -0.0394. The molecular formula is C22H50O10Si3. The molecule has 0 aliphatic rings. The largest absolute Gasteiger partial charge is 0.500 e. The van der Waals surface area contributed by atoms with E-state index in [9.17, 15) is 4.79 Å². The molecule has 0 saturated carbocycles. The minimum absolute atomic E-state index is 0.168. The monoisotopic (exact) mass is 558 g/mol. The zero-order chi connectivity index (χ0) is 27.0. The van der Waals surface area contributed by atoms with Gasteiger partial charge >= 0.3 is 26.4 Å². The molecule has 0 amide bonds. The molecule has 35 heavy (non-hydrogen) atoms. The minimum Gasteiger partial charge on any atom is -0.377 e. The Balaban J connectivity index is 5.73. The number of ketones is 1. The fourth-order valence-corrected chi connectivity index (χ4v) is 10.0. The number of hydrogen-bond acceptors (Lipinski definition) is 10. The Morgan fingerprint density at radius 2 is 0.743 bits per heavy atom. The molecule has 0 saturated heterocycles. The number of carbonyl (C=O) groups is 1. The summed E-state index contributed by atoms with van der Waals surface area (Å²) in [5, 5.41) is 0. The Kier molecular flexibility index (Phi) is 17.4. The van der Waals surface area contributed by atoms with Crippen LogP contribution in [0.1, 0.15) is 51.9 Å². The zero-order valence-electron chi connectivity index (χ0n) is 23.7. The van der Waals surface area contributed by atoms with Crippen LogP contribution in [0.4, 0.5) is 0 Å². The summed E-state index contributed by atoms with van der Waals surface area (Å²) in [5.41, 5.74) is -0.216. The average Bonchev–Trinajstić information content (AvgIpc) is 2.87. The maximum absolute atomic E-state index is 12.4. The van der Waals surface area contributed by atoms with E-state index in [1.54, 1.807) is 70.9 Å². The van der Waals surface area contributed by atoms with Gasteiger partial charge in [0.25, 0.3) is 0 Å². The molecular weight excluding hydrogens is 508 g/mol. The van der Waals surface area contributed by atoms with Crippen LogP contribution in [0.3, 0.4) is 0 Å². The molecule has 10 nitrogen and oxygen atoms in total. The number of carbonyl (C=O) groups excluding carboxylic acids is 1. The van der Waals surface area contributed by atoms with E-state index in [1.165, 1.54) is 0 Å². The van der Waals surface area contributed by atoms with Gasteiger partial charge in [-0.15, -0.1) is 0 Å². The van der Waals surface area contributed by atoms with Crippen LogP contribution in [0, 0.1) is 5.41 Å². The van der Waals surface area contributed by atoms with E-state index in [1.807, 2.05) is 0 Å². The van der Waals surface area contributed by atoms with Crippen molar-refractivity contribution >= 4 is 32.2 Å². The first-order valence-corrected chi connectivity index (χ1v) is 17.8. The van der Waals surface area contributed by atoms with Crippen molar-refractivity contribution in [2.24, 2.45) is 5.41 Å². The van der Waals surface area contributed by atoms with Crippen LogP contribution in [0.2, 0.25) is 18.1 Å². The topological polar surface area (TPSA) is 100 Å². The highest BCUT2D eigenvalue weighted by Crippen LogP contribution is 2.42. The molecule has 0 aliphatic heterocycles. The summed E-state index contributed by atoms with van der Waals surface area (Å²) >= 11 is 0. The zero-order valence-corrected chi connectivity index (χ0v) is 26.7. The molecule has 0 heterocycles. The Bertz CT molecular complexity index is 480. The van der Waals surface area contributed by atoms with Crippen molar-refractivity contribution in [1.29, 1.82) is 0 Å². The number of rotatable bonds is 23. The second kappa shape index (κ2) is 17.5. The van der Waals surface area contributed by atoms with E-state index >= 15 is 0 Å². The quantitative estimate of drug-likeness (QED) is 0.172. The van der Waals surface area contributed by atoms with Gasteiger partial charge in [-0.05, 0) is 50.9 Å². The number of Topliss-reactive ketones (excluding diaryl/α,β-unsaturated/α-hetero) is 1. The maximum atomic E-state index is 12.4. The van der Waals surface area contributed by atoms with Crippen LogP contribution in [-0.4, -0.2) is 96.2 Å². The smallest absolute Gasteiger partial charge is 0.377 e. The lowest BCUT2D eigenvalue weighted by atomic mass is 9.72. The van der Waals surface area contributed by atoms with Crippen LogP contribution in [-0.2, 0) is 44.6 Å². The summed E-state index contributed by atoms with van der Waals surface area (Å²) in [6.45, 7) is 1.66. The van der Waals surface area contributed by atoms with Crippen LogP contribution < -0.4 is 0 Å². The van der Waals surface area contributed by atoms with E-state index in [-0.39, 0.29) is 11.2 Å². The molecule has 0 rings (SSSR count). The van der Waals surface area contributed by atoms with E-state index in [0.29, 0.717) is 24.6 Å². The van der Waals surface area contributed by atoms with Crippen LogP contribution in [0.15, 0.2) is 0 Å². The Labute approximate surface area is 216 Å². The lowest BCUT2D eigenvalue weighted by Crippen LogP contribution is -2.44. The van der Waals surface area contributed by atoms with E-state index in [0.717, 1.165) is 38.5 Å². The molecule has 13 heteroatoms. The molecule has 0 unspecified atom stereocenters. The van der Waals surface area contributed by atoms with Gasteiger partial charge in [0.05, 0.1) is 0 Å². The third-order valence-electron chi connectivity index (χ3n) is 6.99. The lowest BCUT2D eigenvalue weighted by Gasteiger charge is -2.36. The van der Waals surface area contributed by atoms with Gasteiger partial charge in [-0.1, -0.05) is 0 Å². The molecule has 0 radical (unpaired) electrons. The minimum atomic E-state index is -2.71. The van der Waals surface area contributed by atoms with Gasteiger partial charge in [-0.3, -0.25) is 0 Å². The molecule has 0 bridgehead atoms. The van der Waals surface area contributed by atoms with E-state index in [2.05, 4.69) is 0 Å². The van der Waals surface area contributed by atoms with E-state index < -0.39 is 26.4 Å². The molecule has 0 fully saturated rings. The summed E-state index contributed by atoms with van der Waals surface area (Å²) in [6.07, 6.45) is 5.44. The van der Waals surface area contributed by atoms with Crippen molar-refractivity contribution in [2.75, 3.05) is 64.0 Å². The van der Waals surface area contributed by atoms with Crippen LogP contribution in [0.5, 0.6) is 0 Å². The van der Waals surface area contributed by atoms with Gasteiger partial charge in [-0.2, -0.15) is 0 Å². The van der Waals surface area contributed by atoms with Crippen LogP contribution >= 0.6 is 0 Å². The third kappa shape index (κ3) is 11.1. The SMILES string of the molecule is CO[Si](CCCC(CCC[Si](OC)(OC)OC)(CCC[Si](OC)(OC)OC)CC(C)=O)(OC)OC. The molecule has 0 N–H and O–H groups in total. The molecule has 0 aliphatic carbocycles. The molecule has 0 aromatic carbocycles. The van der Waals surface area contributed by atoms with Crippen LogP contribution in [0.25, 0.3) is 0 Å². The predicted octanol–water partition coefficient (Wildman–Crippen LogP) is 3.93. The summed E-state index contributed by atoms with van der Waals surface area (Å²) in [7, 11) is 6.48. The van der Waals surface area contributed by atoms with Gasteiger partial charge in [-0.25, -0.2) is 0 Å². The van der Waals surface area contributed by atoms with Crippen molar-refractivity contribution in [2.45, 2.75) is 70.0 Å². The second-order valence-corrected chi connectivity index (χ2v) is 18.1. The summed E-state index contributed by atoms with van der Waals surface area (Å²) in [4.78, 5) is 12.4. The van der Waals surface area contributed by atoms with Gasteiger partial charge in [0, 0.05) is 88.5 Å². The summed E-state index contributed by atoms with van der Waals surface area (Å²) in [5.74, 6) is 0.168. The molecule has 210 valence electrons. The van der Waals surface area contributed by atoms with Gasteiger partial charge in [0.1, 0.15) is 5.78 Å². The lowest BCUT2D eigenvalue weighted by molar-refractivity contribution is -0.119. The maximum Gasteiger partial charge on any atom is 0.500 e. The van der Waals surface area contributed by atoms with Crippen molar-refractivity contribution in [3.63, 3.8) is 0 Å². The van der Waals surface area contributed by atoms with Crippen molar-refractivity contribution in [1.82, 2.24) is 0 Å². The second-order valence-electron chi connectivity index (χ2n) is 8.83. The molecule has 0 aromatic heterocycles. The highest BCUT2D eigenvalue weighted by Gasteiger charge is 2.42. The number of hydrogen-bond donors (Lipinski definition) is 0. The van der Waals surface area contributed by atoms with Crippen molar-refractivity contribution in [3.05, 3.63) is 0 Å². The van der Waals surface area contributed by atoms with E-state index in [4.69, 9.17) is 39.8 Å². The first kappa shape index (κ1) is 35.0. The predicted molar refractivity (Wildman–Crippen MR) is 140 cm³/mol. The van der Waals surface area contributed by atoms with Gasteiger partial charge < -0.3 is 44.6 Å². The Morgan fingerprint density at radius 1 is 0.514 bits per heavy atom. The summed E-state index contributed by atoms with van der Waals surface area (Å²) in [6, 6.07) is 2.03. The van der Waals surface area contributed by atoms with Crippen molar-refractivity contribution in [3.8, 4) is 0 Å².